The molecule has 27 heavy (non-hydrogen) atoms. The molecule has 2 aromatic rings. The van der Waals surface area contributed by atoms with Crippen LogP contribution < -0.4 is 4.74 Å². The second kappa shape index (κ2) is 7.87. The number of rotatable bonds is 6. The van der Waals surface area contributed by atoms with Crippen LogP contribution in [-0.4, -0.2) is 24.9 Å². The molecule has 1 aliphatic rings. The summed E-state index contributed by atoms with van der Waals surface area (Å²) in [5.74, 6) is 0.710. The zero-order chi connectivity index (χ0) is 19.5. The SMILES string of the molecule is CC1(C)OB(C(F)=Cc2cccc(OCCc3ccccc3)c2)OC1(C)C. The summed E-state index contributed by atoms with van der Waals surface area (Å²) in [6, 6.07) is 17.5. The molecular formula is C22H26BFO3. The maximum Gasteiger partial charge on any atom is 0.525 e. The van der Waals surface area contributed by atoms with E-state index in [-0.39, 0.29) is 0 Å². The largest absolute Gasteiger partial charge is 0.525 e. The summed E-state index contributed by atoms with van der Waals surface area (Å²) in [5.41, 5.74) is 0.353. The van der Waals surface area contributed by atoms with Crippen molar-refractivity contribution in [3.05, 3.63) is 71.5 Å². The third-order valence-electron chi connectivity index (χ3n) is 5.14. The van der Waals surface area contributed by atoms with Gasteiger partial charge in [-0.1, -0.05) is 42.5 Å². The molecule has 1 fully saturated rings. The molecule has 3 nitrogen and oxygen atoms in total. The zero-order valence-electron chi connectivity index (χ0n) is 16.4. The van der Waals surface area contributed by atoms with Crippen molar-refractivity contribution in [3.63, 3.8) is 0 Å². The topological polar surface area (TPSA) is 27.7 Å². The molecule has 0 amide bonds. The van der Waals surface area contributed by atoms with E-state index in [9.17, 15) is 4.39 Å². The van der Waals surface area contributed by atoms with E-state index in [0.717, 1.165) is 6.42 Å². The van der Waals surface area contributed by atoms with Gasteiger partial charge in [0.2, 0.25) is 0 Å². The Labute approximate surface area is 161 Å². The number of ether oxygens (including phenoxy) is 1. The van der Waals surface area contributed by atoms with Crippen molar-refractivity contribution in [1.82, 2.24) is 0 Å². The Hall–Kier alpha value is -2.11. The van der Waals surface area contributed by atoms with Crippen molar-refractivity contribution in [2.24, 2.45) is 0 Å². The predicted octanol–water partition coefficient (Wildman–Crippen LogP) is 5.25. The van der Waals surface area contributed by atoms with Crippen LogP contribution in [0.25, 0.3) is 6.08 Å². The minimum Gasteiger partial charge on any atom is -0.493 e. The third kappa shape index (κ3) is 4.79. The number of hydrogen-bond acceptors (Lipinski definition) is 3. The molecule has 1 aliphatic heterocycles. The normalized spacial score (nSPS) is 18.6. The highest BCUT2D eigenvalue weighted by molar-refractivity contribution is 6.54. The standard InChI is InChI=1S/C22H26BFO3/c1-21(2)22(3,4)27-23(26-21)20(24)16-18-11-8-12-19(15-18)25-14-13-17-9-6-5-7-10-17/h5-12,15-16H,13-14H2,1-4H3. The van der Waals surface area contributed by atoms with Crippen molar-refractivity contribution in [3.8, 4) is 5.75 Å². The van der Waals surface area contributed by atoms with E-state index in [0.29, 0.717) is 17.9 Å². The molecule has 0 saturated carbocycles. The van der Waals surface area contributed by atoms with E-state index < -0.39 is 24.0 Å². The molecule has 0 aromatic heterocycles. The Morgan fingerprint density at radius 3 is 2.33 bits per heavy atom. The number of benzene rings is 2. The van der Waals surface area contributed by atoms with Gasteiger partial charge in [0.1, 0.15) is 11.5 Å². The van der Waals surface area contributed by atoms with Gasteiger partial charge < -0.3 is 14.0 Å². The molecule has 2 aromatic carbocycles. The van der Waals surface area contributed by atoms with Gasteiger partial charge in [-0.25, -0.2) is 4.39 Å². The van der Waals surface area contributed by atoms with Gasteiger partial charge in [0.05, 0.1) is 17.8 Å². The number of halogens is 1. The van der Waals surface area contributed by atoms with Crippen LogP contribution in [0, 0.1) is 0 Å². The first-order valence-electron chi connectivity index (χ1n) is 9.26. The minimum atomic E-state index is -0.988. The summed E-state index contributed by atoms with van der Waals surface area (Å²) in [6.07, 6.45) is 2.26. The summed E-state index contributed by atoms with van der Waals surface area (Å²) < 4.78 is 32.0. The van der Waals surface area contributed by atoms with Gasteiger partial charge in [-0.15, -0.1) is 0 Å². The highest BCUT2D eigenvalue weighted by atomic mass is 19.1. The van der Waals surface area contributed by atoms with E-state index in [4.69, 9.17) is 14.0 Å². The van der Waals surface area contributed by atoms with Crippen LogP contribution in [0.3, 0.4) is 0 Å². The molecule has 5 heteroatoms. The quantitative estimate of drug-likeness (QED) is 0.652. The van der Waals surface area contributed by atoms with Crippen molar-refractivity contribution >= 4 is 13.2 Å². The zero-order valence-corrected chi connectivity index (χ0v) is 16.4. The molecule has 0 spiro atoms. The molecule has 0 N–H and O–H groups in total. The molecule has 1 saturated heterocycles. The summed E-state index contributed by atoms with van der Waals surface area (Å²) in [7, 11) is -0.988. The first-order valence-corrected chi connectivity index (χ1v) is 9.26. The van der Waals surface area contributed by atoms with Crippen LogP contribution in [0.4, 0.5) is 4.39 Å². The van der Waals surface area contributed by atoms with Gasteiger partial charge in [0.25, 0.3) is 0 Å². The average Bonchev–Trinajstić information content (AvgIpc) is 2.84. The molecule has 3 rings (SSSR count). The van der Waals surface area contributed by atoms with Crippen LogP contribution in [-0.2, 0) is 15.7 Å². The molecular weight excluding hydrogens is 342 g/mol. The summed E-state index contributed by atoms with van der Waals surface area (Å²) in [6.45, 7) is 8.18. The van der Waals surface area contributed by atoms with Crippen molar-refractivity contribution in [2.45, 2.75) is 45.3 Å². The molecule has 0 radical (unpaired) electrons. The van der Waals surface area contributed by atoms with Gasteiger partial charge >= 0.3 is 7.12 Å². The molecule has 0 aliphatic carbocycles. The fourth-order valence-electron chi connectivity index (χ4n) is 2.81. The maximum atomic E-state index is 14.7. The van der Waals surface area contributed by atoms with Gasteiger partial charge in [0.15, 0.2) is 0 Å². The lowest BCUT2D eigenvalue weighted by Gasteiger charge is -2.32. The monoisotopic (exact) mass is 368 g/mol. The highest BCUT2D eigenvalue weighted by Crippen LogP contribution is 2.39. The Kier molecular flexibility index (Phi) is 5.73. The van der Waals surface area contributed by atoms with Gasteiger partial charge in [-0.05, 0) is 57.0 Å². The van der Waals surface area contributed by atoms with E-state index in [1.807, 2.05) is 70.2 Å². The Morgan fingerprint density at radius 2 is 1.67 bits per heavy atom. The maximum absolute atomic E-state index is 14.7. The van der Waals surface area contributed by atoms with Gasteiger partial charge in [-0.2, -0.15) is 0 Å². The lowest BCUT2D eigenvalue weighted by atomic mass is 9.87. The average molecular weight is 368 g/mol. The summed E-state index contributed by atoms with van der Waals surface area (Å²) >= 11 is 0. The Bertz CT molecular complexity index is 786. The summed E-state index contributed by atoms with van der Waals surface area (Å²) in [4.78, 5) is 0. The molecule has 142 valence electrons. The second-order valence-corrected chi connectivity index (χ2v) is 7.77. The first kappa shape index (κ1) is 19.7. The number of hydrogen-bond donors (Lipinski definition) is 0. The van der Waals surface area contributed by atoms with Crippen LogP contribution in [0.2, 0.25) is 0 Å². The molecule has 1 heterocycles. The lowest BCUT2D eigenvalue weighted by Crippen LogP contribution is -2.41. The Morgan fingerprint density at radius 1 is 1.00 bits per heavy atom. The highest BCUT2D eigenvalue weighted by Gasteiger charge is 2.53. The second-order valence-electron chi connectivity index (χ2n) is 7.77. The van der Waals surface area contributed by atoms with E-state index in [2.05, 4.69) is 12.1 Å². The molecule has 0 atom stereocenters. The Balaban J connectivity index is 1.62. The van der Waals surface area contributed by atoms with Gasteiger partial charge in [-0.3, -0.25) is 0 Å². The predicted molar refractivity (Wildman–Crippen MR) is 107 cm³/mol. The molecule has 0 bridgehead atoms. The van der Waals surface area contributed by atoms with Crippen molar-refractivity contribution in [1.29, 1.82) is 0 Å². The molecule has 0 unspecified atom stereocenters. The van der Waals surface area contributed by atoms with Crippen LogP contribution in [0.1, 0.15) is 38.8 Å². The van der Waals surface area contributed by atoms with Crippen LogP contribution >= 0.6 is 0 Å². The summed E-state index contributed by atoms with van der Waals surface area (Å²) in [5, 5.41) is 0. The fraction of sp³-hybridized carbons (Fsp3) is 0.364. The van der Waals surface area contributed by atoms with E-state index >= 15 is 0 Å². The smallest absolute Gasteiger partial charge is 0.493 e. The van der Waals surface area contributed by atoms with Crippen LogP contribution in [0.15, 0.2) is 60.3 Å². The lowest BCUT2D eigenvalue weighted by molar-refractivity contribution is 0.00578. The van der Waals surface area contributed by atoms with Crippen molar-refractivity contribution in [2.75, 3.05) is 6.61 Å². The van der Waals surface area contributed by atoms with Crippen molar-refractivity contribution < 1.29 is 18.4 Å². The third-order valence-corrected chi connectivity index (χ3v) is 5.14. The van der Waals surface area contributed by atoms with Gasteiger partial charge in [0, 0.05) is 6.42 Å². The van der Waals surface area contributed by atoms with Crippen LogP contribution in [0.5, 0.6) is 5.75 Å². The minimum absolute atomic E-state index is 0.449. The van der Waals surface area contributed by atoms with E-state index in [1.165, 1.54) is 11.6 Å². The van der Waals surface area contributed by atoms with E-state index in [1.54, 1.807) is 0 Å². The fourth-order valence-corrected chi connectivity index (χ4v) is 2.81. The first-order chi connectivity index (χ1) is 12.8.